The number of nitrogens with zero attached hydrogens (tertiary/aromatic N) is 2. The molecule has 0 saturated carbocycles. The second-order valence-corrected chi connectivity index (χ2v) is 9.96. The molecule has 0 unspecified atom stereocenters. The normalized spacial score (nSPS) is 13.2. The van der Waals surface area contributed by atoms with Gasteiger partial charge < -0.3 is 10.2 Å². The Morgan fingerprint density at radius 1 is 0.625 bits per heavy atom. The van der Waals surface area contributed by atoms with E-state index in [4.69, 9.17) is 0 Å². The largest absolute Gasteiger partial charge is 0.477 e. The molecule has 0 heterocycles. The lowest BCUT2D eigenvalue weighted by molar-refractivity contribution is -0.133. The summed E-state index contributed by atoms with van der Waals surface area (Å²) in [6.07, 6.45) is 13.5. The average molecular weight is 545 g/mol. The first-order chi connectivity index (χ1) is 19.3. The van der Waals surface area contributed by atoms with Crippen molar-refractivity contribution in [1.82, 2.24) is 0 Å². The van der Waals surface area contributed by atoms with Gasteiger partial charge in [0, 0.05) is 0 Å². The van der Waals surface area contributed by atoms with Crippen LogP contribution in [0.2, 0.25) is 0 Å². The fourth-order valence-corrected chi connectivity index (χ4v) is 4.53. The Hall–Kier alpha value is -3.90. The number of benzene rings is 1. The summed E-state index contributed by atoms with van der Waals surface area (Å²) in [5, 5.41) is 38.6. The van der Waals surface area contributed by atoms with Crippen LogP contribution in [-0.4, -0.2) is 22.2 Å². The monoisotopic (exact) mass is 544 g/mol. The van der Waals surface area contributed by atoms with E-state index in [0.29, 0.717) is 36.8 Å². The lowest BCUT2D eigenvalue weighted by atomic mass is 9.89. The van der Waals surface area contributed by atoms with E-state index >= 15 is 0 Å². The maximum Gasteiger partial charge on any atom is 0.346 e. The van der Waals surface area contributed by atoms with Crippen LogP contribution in [-0.2, 0) is 9.59 Å². The Morgan fingerprint density at radius 3 is 1.18 bits per heavy atom. The Bertz CT molecular complexity index is 1110. The number of aliphatic carboxylic acids is 2. The molecule has 214 valence electrons. The van der Waals surface area contributed by atoms with Crippen molar-refractivity contribution in [3.63, 3.8) is 0 Å². The van der Waals surface area contributed by atoms with Gasteiger partial charge in [0.25, 0.3) is 0 Å². The molecule has 0 aliphatic rings. The summed E-state index contributed by atoms with van der Waals surface area (Å²) < 4.78 is 0. The van der Waals surface area contributed by atoms with Crippen molar-refractivity contribution in [3.05, 3.63) is 68.8 Å². The fraction of sp³-hybridized carbons (Fsp3) is 0.471. The highest BCUT2D eigenvalue weighted by molar-refractivity contribution is 5.94. The van der Waals surface area contributed by atoms with Crippen molar-refractivity contribution in [2.45, 2.75) is 105 Å². The second-order valence-electron chi connectivity index (χ2n) is 9.96. The number of carbonyl (C=O) groups is 2. The van der Waals surface area contributed by atoms with Crippen LogP contribution in [0.25, 0.3) is 12.2 Å². The minimum absolute atomic E-state index is 0.186. The van der Waals surface area contributed by atoms with E-state index in [2.05, 4.69) is 13.8 Å². The predicted octanol–water partition coefficient (Wildman–Crippen LogP) is 9.02. The van der Waals surface area contributed by atoms with Crippen molar-refractivity contribution in [2.75, 3.05) is 0 Å². The third-order valence-corrected chi connectivity index (χ3v) is 6.81. The van der Waals surface area contributed by atoms with Gasteiger partial charge >= 0.3 is 11.9 Å². The summed E-state index contributed by atoms with van der Waals surface area (Å²) >= 11 is 0. The van der Waals surface area contributed by atoms with Crippen molar-refractivity contribution >= 4 is 24.1 Å². The zero-order chi connectivity index (χ0) is 29.9. The zero-order valence-corrected chi connectivity index (χ0v) is 24.6. The average Bonchev–Trinajstić information content (AvgIpc) is 2.94. The van der Waals surface area contributed by atoms with Gasteiger partial charge in [0.05, 0.1) is 0 Å². The molecule has 0 saturated heterocycles. The van der Waals surface area contributed by atoms with Crippen LogP contribution >= 0.6 is 0 Å². The first kappa shape index (κ1) is 34.1. The van der Waals surface area contributed by atoms with E-state index in [1.54, 1.807) is 0 Å². The number of hydrogen-bond acceptors (Lipinski definition) is 4. The Labute approximate surface area is 240 Å². The van der Waals surface area contributed by atoms with Gasteiger partial charge in [-0.05, 0) is 84.8 Å². The first-order valence-corrected chi connectivity index (χ1v) is 14.5. The predicted molar refractivity (Wildman–Crippen MR) is 161 cm³/mol. The van der Waals surface area contributed by atoms with E-state index in [-0.39, 0.29) is 11.1 Å². The molecule has 0 spiro atoms. The van der Waals surface area contributed by atoms with Gasteiger partial charge in [-0.25, -0.2) is 9.59 Å². The molecular formula is C34H44N2O4. The molecule has 1 aromatic carbocycles. The van der Waals surface area contributed by atoms with Crippen LogP contribution in [0.5, 0.6) is 0 Å². The minimum atomic E-state index is -1.19. The maximum atomic E-state index is 11.8. The molecule has 0 bridgehead atoms. The molecule has 0 amide bonds. The van der Waals surface area contributed by atoms with E-state index < -0.39 is 11.9 Å². The Morgan fingerprint density at radius 2 is 0.925 bits per heavy atom. The molecule has 0 aromatic heterocycles. The fourth-order valence-electron chi connectivity index (χ4n) is 4.53. The lowest BCUT2D eigenvalue weighted by Crippen LogP contribution is -2.06. The highest BCUT2D eigenvalue weighted by atomic mass is 16.4. The summed E-state index contributed by atoms with van der Waals surface area (Å²) in [5.74, 6) is -2.39. The summed E-state index contributed by atoms with van der Waals surface area (Å²) in [5.41, 5.74) is 4.42. The van der Waals surface area contributed by atoms with Gasteiger partial charge in [-0.1, -0.05) is 89.8 Å². The summed E-state index contributed by atoms with van der Waals surface area (Å²) in [4.78, 5) is 23.7. The molecule has 40 heavy (non-hydrogen) atoms. The van der Waals surface area contributed by atoms with Crippen molar-refractivity contribution < 1.29 is 19.8 Å². The number of allylic oxidation sites excluding steroid dienone is 4. The number of hydrogen-bond donors (Lipinski definition) is 2. The Kier molecular flexibility index (Phi) is 16.4. The molecule has 0 radical (unpaired) electrons. The van der Waals surface area contributed by atoms with E-state index in [1.165, 1.54) is 0 Å². The highest BCUT2D eigenvalue weighted by Crippen LogP contribution is 2.30. The topological polar surface area (TPSA) is 122 Å². The molecule has 0 aliphatic carbocycles. The van der Waals surface area contributed by atoms with Crippen LogP contribution in [0.1, 0.15) is 116 Å². The minimum Gasteiger partial charge on any atom is -0.477 e. The number of carboxylic acid groups (broad SMARTS) is 2. The van der Waals surface area contributed by atoms with Crippen LogP contribution in [0, 0.1) is 22.7 Å². The third-order valence-electron chi connectivity index (χ3n) is 6.81. The number of rotatable bonds is 18. The summed E-state index contributed by atoms with van der Waals surface area (Å²) in [6.45, 7) is 8.25. The van der Waals surface area contributed by atoms with Crippen molar-refractivity contribution in [3.8, 4) is 12.1 Å². The summed E-state index contributed by atoms with van der Waals surface area (Å²) in [6, 6.07) is 11.6. The van der Waals surface area contributed by atoms with Crippen molar-refractivity contribution in [2.24, 2.45) is 0 Å². The number of nitriles is 2. The molecule has 6 heteroatoms. The first-order valence-electron chi connectivity index (χ1n) is 14.5. The molecule has 1 rings (SSSR count). The SMILES string of the molecule is CCCCC(=Cc1ccc(C=C(CCCC)C(CCCC)=C(C#N)C(=O)O)cc1)C(CCCC)=C(C#N)C(=O)O. The molecular weight excluding hydrogens is 500 g/mol. The van der Waals surface area contributed by atoms with Crippen molar-refractivity contribution in [1.29, 1.82) is 10.5 Å². The Balaban J connectivity index is 3.64. The van der Waals surface area contributed by atoms with Gasteiger partial charge in [0.1, 0.15) is 23.3 Å². The van der Waals surface area contributed by atoms with E-state index in [0.717, 1.165) is 73.6 Å². The van der Waals surface area contributed by atoms with Gasteiger partial charge in [0.15, 0.2) is 0 Å². The van der Waals surface area contributed by atoms with Crippen LogP contribution in [0.3, 0.4) is 0 Å². The maximum absolute atomic E-state index is 11.8. The molecule has 1 aromatic rings. The smallest absolute Gasteiger partial charge is 0.346 e. The van der Waals surface area contributed by atoms with Crippen LogP contribution in [0.15, 0.2) is 57.7 Å². The van der Waals surface area contributed by atoms with Gasteiger partial charge in [-0.15, -0.1) is 0 Å². The van der Waals surface area contributed by atoms with Gasteiger partial charge in [-0.2, -0.15) is 10.5 Å². The third kappa shape index (κ3) is 11.1. The quantitative estimate of drug-likeness (QED) is 0.108. The summed E-state index contributed by atoms with van der Waals surface area (Å²) in [7, 11) is 0. The zero-order valence-electron chi connectivity index (χ0n) is 24.6. The van der Waals surface area contributed by atoms with Crippen LogP contribution in [0.4, 0.5) is 0 Å². The molecule has 0 fully saturated rings. The molecule has 6 nitrogen and oxygen atoms in total. The lowest BCUT2D eigenvalue weighted by Gasteiger charge is -2.15. The van der Waals surface area contributed by atoms with Gasteiger partial charge in [0.2, 0.25) is 0 Å². The number of unbranched alkanes of at least 4 members (excludes halogenated alkanes) is 4. The van der Waals surface area contributed by atoms with Gasteiger partial charge in [-0.3, -0.25) is 0 Å². The van der Waals surface area contributed by atoms with Crippen LogP contribution < -0.4 is 0 Å². The molecule has 2 N–H and O–H groups in total. The number of carboxylic acids is 2. The highest BCUT2D eigenvalue weighted by Gasteiger charge is 2.19. The standard InChI is InChI=1S/C34H44N2O4/c1-5-9-13-27(29(15-11-7-3)31(23-35)33(37)38)21-25-17-19-26(20-18-25)22-28(14-10-6-2)30(16-12-8-4)32(24-36)34(39)40/h17-22H,5-16H2,1-4H3,(H,37,38)(H,39,40). The molecule has 0 aliphatic heterocycles. The molecule has 0 atom stereocenters. The van der Waals surface area contributed by atoms with E-state index in [1.807, 2.05) is 62.4 Å². The van der Waals surface area contributed by atoms with E-state index in [9.17, 15) is 30.3 Å². The second kappa shape index (κ2) is 19.2.